The first-order valence-corrected chi connectivity index (χ1v) is 7.11. The molecule has 0 atom stereocenters. The third-order valence-electron chi connectivity index (χ3n) is 2.57. The Bertz CT molecular complexity index is 692. The lowest BCUT2D eigenvalue weighted by Gasteiger charge is -2.01. The average Bonchev–Trinajstić information content (AvgIpc) is 2.40. The molecule has 0 unspecified atom stereocenters. The Morgan fingerprint density at radius 2 is 1.60 bits per heavy atom. The van der Waals surface area contributed by atoms with Gasteiger partial charge in [-0.05, 0) is 42.0 Å². The standard InChI is InChI=1S/C15H8Cl4O/c16-10-3-4-11(13(18)8-10)15(20)6-2-9-1-5-12(17)14(19)7-9/h1-8H. The van der Waals surface area contributed by atoms with Crippen molar-refractivity contribution in [3.05, 3.63) is 73.7 Å². The van der Waals surface area contributed by atoms with Crippen LogP contribution in [0.5, 0.6) is 0 Å². The summed E-state index contributed by atoms with van der Waals surface area (Å²) in [6.45, 7) is 0. The summed E-state index contributed by atoms with van der Waals surface area (Å²) in [5, 5.41) is 1.71. The molecule has 102 valence electrons. The summed E-state index contributed by atoms with van der Waals surface area (Å²) >= 11 is 23.5. The monoisotopic (exact) mass is 344 g/mol. The van der Waals surface area contributed by atoms with E-state index in [1.54, 1.807) is 36.4 Å². The Morgan fingerprint density at radius 1 is 0.850 bits per heavy atom. The fourth-order valence-electron chi connectivity index (χ4n) is 1.57. The minimum Gasteiger partial charge on any atom is -0.289 e. The lowest BCUT2D eigenvalue weighted by molar-refractivity contribution is 0.104. The largest absolute Gasteiger partial charge is 0.289 e. The molecule has 0 fully saturated rings. The fraction of sp³-hybridized carbons (Fsp3) is 0. The fourth-order valence-corrected chi connectivity index (χ4v) is 2.38. The van der Waals surface area contributed by atoms with Gasteiger partial charge in [0, 0.05) is 10.6 Å². The van der Waals surface area contributed by atoms with Crippen LogP contribution in [0.3, 0.4) is 0 Å². The first kappa shape index (κ1) is 15.4. The molecule has 0 amide bonds. The molecule has 2 aromatic rings. The molecule has 0 aliphatic heterocycles. The molecule has 0 aromatic heterocycles. The lowest BCUT2D eigenvalue weighted by atomic mass is 10.1. The highest BCUT2D eigenvalue weighted by Gasteiger charge is 2.07. The van der Waals surface area contributed by atoms with Crippen LogP contribution >= 0.6 is 46.4 Å². The highest BCUT2D eigenvalue weighted by Crippen LogP contribution is 2.24. The van der Waals surface area contributed by atoms with E-state index < -0.39 is 0 Å². The Kier molecular flexibility index (Phi) is 5.11. The van der Waals surface area contributed by atoms with Crippen LogP contribution in [0.25, 0.3) is 6.08 Å². The Labute approximate surface area is 136 Å². The first-order chi connectivity index (χ1) is 9.47. The summed E-state index contributed by atoms with van der Waals surface area (Å²) < 4.78 is 0. The van der Waals surface area contributed by atoms with E-state index in [2.05, 4.69) is 0 Å². The third kappa shape index (κ3) is 3.77. The maximum Gasteiger partial charge on any atom is 0.187 e. The van der Waals surface area contributed by atoms with Crippen LogP contribution in [0.1, 0.15) is 15.9 Å². The van der Waals surface area contributed by atoms with Crippen molar-refractivity contribution in [2.75, 3.05) is 0 Å². The van der Waals surface area contributed by atoms with Crippen LogP contribution in [0, 0.1) is 0 Å². The van der Waals surface area contributed by atoms with Crippen molar-refractivity contribution in [3.63, 3.8) is 0 Å². The molecule has 0 saturated carbocycles. The number of rotatable bonds is 3. The summed E-state index contributed by atoms with van der Waals surface area (Å²) in [5.74, 6) is -0.210. The second kappa shape index (κ2) is 6.64. The zero-order valence-electron chi connectivity index (χ0n) is 10.0. The van der Waals surface area contributed by atoms with Gasteiger partial charge in [0.05, 0.1) is 15.1 Å². The smallest absolute Gasteiger partial charge is 0.187 e. The second-order valence-corrected chi connectivity index (χ2v) is 5.65. The van der Waals surface area contributed by atoms with E-state index in [1.807, 2.05) is 0 Å². The van der Waals surface area contributed by atoms with Crippen molar-refractivity contribution < 1.29 is 4.79 Å². The highest BCUT2D eigenvalue weighted by molar-refractivity contribution is 6.42. The molecule has 0 saturated heterocycles. The summed E-state index contributed by atoms with van der Waals surface area (Å²) in [6, 6.07) is 9.85. The number of allylic oxidation sites excluding steroid dienone is 1. The Morgan fingerprint density at radius 3 is 2.25 bits per heavy atom. The molecule has 2 rings (SSSR count). The maximum absolute atomic E-state index is 12.0. The average molecular weight is 346 g/mol. The number of hydrogen-bond acceptors (Lipinski definition) is 1. The van der Waals surface area contributed by atoms with Crippen LogP contribution in [0.4, 0.5) is 0 Å². The van der Waals surface area contributed by atoms with Gasteiger partial charge in [0.2, 0.25) is 0 Å². The van der Waals surface area contributed by atoms with Gasteiger partial charge < -0.3 is 0 Å². The molecule has 1 nitrogen and oxygen atoms in total. The molecular formula is C15H8Cl4O. The van der Waals surface area contributed by atoms with Gasteiger partial charge in [-0.1, -0.05) is 58.5 Å². The van der Waals surface area contributed by atoms with Crippen LogP contribution in [-0.2, 0) is 0 Å². The molecule has 0 spiro atoms. The molecule has 5 heteroatoms. The van der Waals surface area contributed by atoms with Gasteiger partial charge in [0.15, 0.2) is 5.78 Å². The number of carbonyl (C=O) groups is 1. The van der Waals surface area contributed by atoms with Crippen molar-refractivity contribution in [3.8, 4) is 0 Å². The van der Waals surface area contributed by atoms with E-state index in [0.29, 0.717) is 25.7 Å². The number of halogens is 4. The molecule has 0 aliphatic carbocycles. The van der Waals surface area contributed by atoms with Crippen molar-refractivity contribution in [2.45, 2.75) is 0 Å². The van der Waals surface area contributed by atoms with Gasteiger partial charge in [-0.2, -0.15) is 0 Å². The third-order valence-corrected chi connectivity index (χ3v) is 3.85. The van der Waals surface area contributed by atoms with Crippen molar-refractivity contribution >= 4 is 58.3 Å². The van der Waals surface area contributed by atoms with Crippen LogP contribution < -0.4 is 0 Å². The minimum absolute atomic E-state index is 0.210. The quantitative estimate of drug-likeness (QED) is 0.478. The topological polar surface area (TPSA) is 17.1 Å². The molecule has 20 heavy (non-hydrogen) atoms. The van der Waals surface area contributed by atoms with E-state index in [4.69, 9.17) is 46.4 Å². The number of ketones is 1. The SMILES string of the molecule is O=C(C=Cc1ccc(Cl)c(Cl)c1)c1ccc(Cl)cc1Cl. The van der Waals surface area contributed by atoms with Gasteiger partial charge >= 0.3 is 0 Å². The lowest BCUT2D eigenvalue weighted by Crippen LogP contribution is -1.95. The number of benzene rings is 2. The van der Waals surface area contributed by atoms with Gasteiger partial charge in [-0.3, -0.25) is 4.79 Å². The molecule has 0 bridgehead atoms. The van der Waals surface area contributed by atoms with Gasteiger partial charge in [-0.25, -0.2) is 0 Å². The van der Waals surface area contributed by atoms with E-state index in [9.17, 15) is 4.79 Å². The summed E-state index contributed by atoms with van der Waals surface area (Å²) in [5.41, 5.74) is 1.17. The zero-order valence-corrected chi connectivity index (χ0v) is 13.1. The van der Waals surface area contributed by atoms with E-state index in [-0.39, 0.29) is 5.78 Å². The van der Waals surface area contributed by atoms with Crippen molar-refractivity contribution in [2.24, 2.45) is 0 Å². The van der Waals surface area contributed by atoms with Gasteiger partial charge in [-0.15, -0.1) is 0 Å². The summed E-state index contributed by atoms with van der Waals surface area (Å²) in [4.78, 5) is 12.0. The molecule has 0 heterocycles. The predicted octanol–water partition coefficient (Wildman–Crippen LogP) is 6.20. The predicted molar refractivity (Wildman–Crippen MR) is 86.3 cm³/mol. The number of carbonyl (C=O) groups excluding carboxylic acids is 1. The summed E-state index contributed by atoms with van der Waals surface area (Å²) in [7, 11) is 0. The highest BCUT2D eigenvalue weighted by atomic mass is 35.5. The normalized spacial score (nSPS) is 11.0. The summed E-state index contributed by atoms with van der Waals surface area (Å²) in [6.07, 6.45) is 3.07. The van der Waals surface area contributed by atoms with Crippen molar-refractivity contribution in [1.82, 2.24) is 0 Å². The van der Waals surface area contributed by atoms with Crippen LogP contribution in [0.2, 0.25) is 20.1 Å². The van der Waals surface area contributed by atoms with Crippen LogP contribution in [-0.4, -0.2) is 5.78 Å². The van der Waals surface area contributed by atoms with E-state index >= 15 is 0 Å². The molecule has 2 aromatic carbocycles. The van der Waals surface area contributed by atoms with Gasteiger partial charge in [0.25, 0.3) is 0 Å². The van der Waals surface area contributed by atoms with E-state index in [1.165, 1.54) is 12.1 Å². The zero-order chi connectivity index (χ0) is 14.7. The molecule has 0 radical (unpaired) electrons. The van der Waals surface area contributed by atoms with Crippen molar-refractivity contribution in [1.29, 1.82) is 0 Å². The molecule has 0 N–H and O–H groups in total. The molecular weight excluding hydrogens is 338 g/mol. The Hall–Kier alpha value is -0.990. The Balaban J connectivity index is 2.22. The van der Waals surface area contributed by atoms with Gasteiger partial charge in [0.1, 0.15) is 0 Å². The minimum atomic E-state index is -0.210. The second-order valence-electron chi connectivity index (χ2n) is 4.00. The number of hydrogen-bond donors (Lipinski definition) is 0. The molecule has 0 aliphatic rings. The van der Waals surface area contributed by atoms with E-state index in [0.717, 1.165) is 5.56 Å². The van der Waals surface area contributed by atoms with Crippen LogP contribution in [0.15, 0.2) is 42.5 Å². The first-order valence-electron chi connectivity index (χ1n) is 5.60. The maximum atomic E-state index is 12.0.